The van der Waals surface area contributed by atoms with Gasteiger partial charge in [0, 0.05) is 18.1 Å². The predicted molar refractivity (Wildman–Crippen MR) is 100 cm³/mol. The van der Waals surface area contributed by atoms with Gasteiger partial charge in [0.2, 0.25) is 0 Å². The molecular weight excluding hydrogens is 392 g/mol. The highest BCUT2D eigenvalue weighted by Gasteiger charge is 2.76. The monoisotopic (exact) mass is 410 g/mol. The molecular formula is C19H19ClO6S. The van der Waals surface area contributed by atoms with E-state index < -0.39 is 32.4 Å². The average molecular weight is 411 g/mol. The molecule has 0 unspecified atom stereocenters. The lowest BCUT2D eigenvalue weighted by atomic mass is 10.00. The molecule has 0 spiro atoms. The molecule has 0 heterocycles. The maximum absolute atomic E-state index is 13.2. The zero-order valence-corrected chi connectivity index (χ0v) is 16.3. The van der Waals surface area contributed by atoms with Crippen LogP contribution in [0.5, 0.6) is 5.75 Å². The molecule has 6 nitrogen and oxygen atoms in total. The number of hydrogen-bond donors (Lipinski definition) is 1. The molecule has 0 aliphatic heterocycles. The lowest BCUT2D eigenvalue weighted by Crippen LogP contribution is -2.28. The van der Waals surface area contributed by atoms with Crippen LogP contribution in [0.15, 0.2) is 53.4 Å². The first-order valence-electron chi connectivity index (χ1n) is 8.14. The van der Waals surface area contributed by atoms with Crippen molar-refractivity contribution in [2.24, 2.45) is 5.41 Å². The topological polar surface area (TPSA) is 89.9 Å². The Morgan fingerprint density at radius 3 is 2.19 bits per heavy atom. The van der Waals surface area contributed by atoms with Crippen molar-refractivity contribution in [3.63, 3.8) is 0 Å². The quantitative estimate of drug-likeness (QED) is 0.754. The summed E-state index contributed by atoms with van der Waals surface area (Å²) in [7, 11) is -1.04. The van der Waals surface area contributed by atoms with Crippen molar-refractivity contribution in [3.05, 3.63) is 59.1 Å². The summed E-state index contributed by atoms with van der Waals surface area (Å²) in [5, 5.41) is 9.16. The minimum atomic E-state index is -3.92. The molecule has 1 aliphatic carbocycles. The zero-order valence-electron chi connectivity index (χ0n) is 14.8. The van der Waals surface area contributed by atoms with Gasteiger partial charge in [-0.05, 0) is 42.0 Å². The molecule has 1 N–H and O–H groups in total. The summed E-state index contributed by atoms with van der Waals surface area (Å²) >= 11 is 5.85. The van der Waals surface area contributed by atoms with Gasteiger partial charge in [0.05, 0.1) is 23.9 Å². The van der Waals surface area contributed by atoms with Gasteiger partial charge in [-0.3, -0.25) is 4.79 Å². The van der Waals surface area contributed by atoms with E-state index in [0.717, 1.165) is 0 Å². The van der Waals surface area contributed by atoms with Crippen molar-refractivity contribution in [3.8, 4) is 5.75 Å². The van der Waals surface area contributed by atoms with Crippen molar-refractivity contribution < 1.29 is 27.8 Å². The largest absolute Gasteiger partial charge is 0.497 e. The number of carbonyl (C=O) groups is 1. The smallest absolute Gasteiger partial charge is 0.314 e. The molecule has 0 aromatic heterocycles. The molecule has 0 amide bonds. The van der Waals surface area contributed by atoms with Gasteiger partial charge in [-0.15, -0.1) is 0 Å². The first kappa shape index (κ1) is 19.7. The van der Waals surface area contributed by atoms with Gasteiger partial charge in [-0.25, -0.2) is 8.42 Å². The molecule has 1 saturated carbocycles. The van der Waals surface area contributed by atoms with Gasteiger partial charge in [0.25, 0.3) is 0 Å². The van der Waals surface area contributed by atoms with E-state index in [1.807, 2.05) is 0 Å². The van der Waals surface area contributed by atoms with Crippen LogP contribution in [0, 0.1) is 5.41 Å². The Balaban J connectivity index is 2.09. The minimum absolute atomic E-state index is 0.0367. The molecule has 3 rings (SSSR count). The number of aliphatic carboxylic acids is 1. The first-order chi connectivity index (χ1) is 12.8. The number of carboxylic acid groups (broad SMARTS) is 1. The Kier molecular flexibility index (Phi) is 5.20. The molecule has 8 heteroatoms. The molecule has 2 aromatic rings. The summed E-state index contributed by atoms with van der Waals surface area (Å²) in [6, 6.07) is 12.5. The SMILES string of the molecule is COC[C@@]1(C(=O)O)[C@H](S(=O)(=O)c2ccc(Cl)cc2)[C@@H]1c1ccc(OC)cc1. The summed E-state index contributed by atoms with van der Waals surface area (Å²) < 4.78 is 36.7. The Hall–Kier alpha value is -2.09. The van der Waals surface area contributed by atoms with Crippen LogP contribution in [-0.4, -0.2) is 45.6 Å². The number of ether oxygens (including phenoxy) is 2. The van der Waals surface area contributed by atoms with E-state index in [4.69, 9.17) is 21.1 Å². The number of methoxy groups -OCH3 is 2. The van der Waals surface area contributed by atoms with E-state index in [9.17, 15) is 18.3 Å². The number of carboxylic acids is 1. The third-order valence-corrected chi connectivity index (χ3v) is 7.53. The van der Waals surface area contributed by atoms with Crippen LogP contribution in [-0.2, 0) is 19.4 Å². The van der Waals surface area contributed by atoms with Gasteiger partial charge >= 0.3 is 5.97 Å². The molecule has 27 heavy (non-hydrogen) atoms. The summed E-state index contributed by atoms with van der Waals surface area (Å²) in [5.41, 5.74) is -0.945. The fraction of sp³-hybridized carbons (Fsp3) is 0.316. The van der Waals surface area contributed by atoms with Gasteiger partial charge < -0.3 is 14.6 Å². The van der Waals surface area contributed by atoms with Crippen molar-refractivity contribution in [1.82, 2.24) is 0 Å². The highest BCUT2D eigenvalue weighted by atomic mass is 35.5. The minimum Gasteiger partial charge on any atom is -0.497 e. The Morgan fingerprint density at radius 2 is 1.70 bits per heavy atom. The van der Waals surface area contributed by atoms with Crippen LogP contribution in [0.3, 0.4) is 0 Å². The van der Waals surface area contributed by atoms with Crippen molar-refractivity contribution >= 4 is 27.4 Å². The fourth-order valence-electron chi connectivity index (χ4n) is 3.64. The molecule has 1 fully saturated rings. The normalized spacial score (nSPS) is 24.4. The van der Waals surface area contributed by atoms with E-state index in [-0.39, 0.29) is 11.5 Å². The average Bonchev–Trinajstić information content (AvgIpc) is 3.33. The van der Waals surface area contributed by atoms with Gasteiger partial charge in [-0.2, -0.15) is 0 Å². The Labute approximate surface area is 162 Å². The number of hydrogen-bond acceptors (Lipinski definition) is 5. The first-order valence-corrected chi connectivity index (χ1v) is 10.1. The summed E-state index contributed by atoms with van der Waals surface area (Å²) in [5.74, 6) is -1.33. The number of benzene rings is 2. The molecule has 1 aliphatic rings. The van der Waals surface area contributed by atoms with Crippen LogP contribution < -0.4 is 4.74 Å². The second-order valence-corrected chi connectivity index (χ2v) is 8.95. The van der Waals surface area contributed by atoms with Crippen molar-refractivity contribution in [2.45, 2.75) is 16.1 Å². The van der Waals surface area contributed by atoms with Crippen molar-refractivity contribution in [2.75, 3.05) is 20.8 Å². The molecule has 144 valence electrons. The van der Waals surface area contributed by atoms with Gasteiger partial charge in [0.15, 0.2) is 9.84 Å². The number of halogens is 1. The molecule has 0 saturated heterocycles. The Bertz CT molecular complexity index is 939. The third-order valence-electron chi connectivity index (χ3n) is 4.99. The maximum Gasteiger partial charge on any atom is 0.314 e. The lowest BCUT2D eigenvalue weighted by molar-refractivity contribution is -0.145. The maximum atomic E-state index is 13.2. The number of sulfone groups is 1. The van der Waals surface area contributed by atoms with E-state index in [1.54, 1.807) is 24.3 Å². The number of rotatable bonds is 7. The van der Waals surface area contributed by atoms with Gasteiger partial charge in [-0.1, -0.05) is 23.7 Å². The summed E-state index contributed by atoms with van der Waals surface area (Å²) in [4.78, 5) is 12.2. The molecule has 3 atom stereocenters. The standard InChI is InChI=1S/C19H19ClO6S/c1-25-11-19(18(21)22)16(12-3-7-14(26-2)8-4-12)17(19)27(23,24)15-9-5-13(20)6-10-15/h3-10,16-17H,11H2,1-2H3,(H,21,22)/t16-,17+,19-/m0/s1. The van der Waals surface area contributed by atoms with E-state index >= 15 is 0 Å². The third kappa shape index (κ3) is 3.20. The Morgan fingerprint density at radius 1 is 1.11 bits per heavy atom. The van der Waals surface area contributed by atoms with E-state index in [1.165, 1.54) is 38.5 Å². The van der Waals surface area contributed by atoms with E-state index in [0.29, 0.717) is 16.3 Å². The van der Waals surface area contributed by atoms with Crippen LogP contribution >= 0.6 is 11.6 Å². The lowest BCUT2D eigenvalue weighted by Gasteiger charge is -2.12. The van der Waals surface area contributed by atoms with Crippen LogP contribution in [0.2, 0.25) is 5.02 Å². The summed E-state index contributed by atoms with van der Waals surface area (Å²) in [6.45, 7) is -0.212. The second-order valence-electron chi connectivity index (χ2n) is 6.45. The summed E-state index contributed by atoms with van der Waals surface area (Å²) in [6.07, 6.45) is 0. The van der Waals surface area contributed by atoms with Crippen LogP contribution in [0.4, 0.5) is 0 Å². The molecule has 2 aromatic carbocycles. The highest BCUT2D eigenvalue weighted by Crippen LogP contribution is 2.64. The molecule has 0 radical (unpaired) electrons. The van der Waals surface area contributed by atoms with Crippen LogP contribution in [0.1, 0.15) is 11.5 Å². The highest BCUT2D eigenvalue weighted by molar-refractivity contribution is 7.92. The predicted octanol–water partition coefficient (Wildman–Crippen LogP) is 3.01. The molecule has 0 bridgehead atoms. The van der Waals surface area contributed by atoms with Gasteiger partial charge in [0.1, 0.15) is 11.2 Å². The van der Waals surface area contributed by atoms with Crippen LogP contribution in [0.25, 0.3) is 0 Å². The van der Waals surface area contributed by atoms with E-state index in [2.05, 4.69) is 0 Å². The fourth-order valence-corrected chi connectivity index (χ4v) is 6.13. The van der Waals surface area contributed by atoms with Crippen molar-refractivity contribution in [1.29, 1.82) is 0 Å². The zero-order chi connectivity index (χ0) is 19.8. The second kappa shape index (κ2) is 7.14.